The molecule has 114 valence electrons. The van der Waals surface area contributed by atoms with E-state index in [-0.39, 0.29) is 16.9 Å². The van der Waals surface area contributed by atoms with Crippen molar-refractivity contribution in [1.29, 1.82) is 0 Å². The molecule has 0 aliphatic heterocycles. The van der Waals surface area contributed by atoms with Gasteiger partial charge in [0.1, 0.15) is 0 Å². The number of hydrogen-bond acceptors (Lipinski definition) is 3. The van der Waals surface area contributed by atoms with Crippen molar-refractivity contribution in [3.63, 3.8) is 0 Å². The Bertz CT molecular complexity index is 533. The second kappa shape index (κ2) is 7.17. The molecule has 3 N–H and O–H groups in total. The summed E-state index contributed by atoms with van der Waals surface area (Å²) in [6, 6.07) is 6.86. The van der Waals surface area contributed by atoms with Crippen LogP contribution in [0, 0.1) is 5.41 Å². The first-order valence-electron chi connectivity index (χ1n) is 6.74. The van der Waals surface area contributed by atoms with E-state index >= 15 is 0 Å². The van der Waals surface area contributed by atoms with Gasteiger partial charge in [0.2, 0.25) is 5.91 Å². The molecule has 0 saturated heterocycles. The van der Waals surface area contributed by atoms with Crippen LogP contribution in [-0.2, 0) is 4.79 Å². The fraction of sp³-hybridized carbons (Fsp3) is 0.400. The molecular formula is C15H21N3O2S. The van der Waals surface area contributed by atoms with Crippen LogP contribution in [0.5, 0.6) is 0 Å². The average Bonchev–Trinajstić information content (AvgIpc) is 2.38. The number of carbonyl (C=O) groups is 2. The van der Waals surface area contributed by atoms with Gasteiger partial charge in [-0.2, -0.15) is 0 Å². The molecule has 1 aromatic carbocycles. The van der Waals surface area contributed by atoms with Crippen LogP contribution < -0.4 is 16.0 Å². The highest BCUT2D eigenvalue weighted by Gasteiger charge is 2.21. The summed E-state index contributed by atoms with van der Waals surface area (Å²) in [5.74, 6) is -0.272. The van der Waals surface area contributed by atoms with E-state index in [9.17, 15) is 9.59 Å². The Morgan fingerprint density at radius 3 is 2.19 bits per heavy atom. The van der Waals surface area contributed by atoms with E-state index in [0.717, 1.165) is 0 Å². The van der Waals surface area contributed by atoms with Crippen molar-refractivity contribution in [2.24, 2.45) is 5.41 Å². The number of hydrogen-bond donors (Lipinski definition) is 3. The molecule has 0 saturated carbocycles. The molecule has 2 amide bonds. The molecule has 0 spiro atoms. The zero-order valence-electron chi connectivity index (χ0n) is 12.7. The molecule has 0 aromatic heterocycles. The molecule has 1 aromatic rings. The lowest BCUT2D eigenvalue weighted by molar-refractivity contribution is -0.126. The first-order valence-corrected chi connectivity index (χ1v) is 7.15. The van der Waals surface area contributed by atoms with E-state index in [2.05, 4.69) is 16.0 Å². The average molecular weight is 307 g/mol. The van der Waals surface area contributed by atoms with Crippen LogP contribution >= 0.6 is 12.2 Å². The van der Waals surface area contributed by atoms with Crippen LogP contribution in [0.25, 0.3) is 0 Å². The molecule has 0 unspecified atom stereocenters. The molecule has 5 nitrogen and oxygen atoms in total. The van der Waals surface area contributed by atoms with Crippen molar-refractivity contribution in [3.05, 3.63) is 29.8 Å². The summed E-state index contributed by atoms with van der Waals surface area (Å²) in [6.45, 7) is 7.89. The molecule has 0 heterocycles. The highest BCUT2D eigenvalue weighted by Crippen LogP contribution is 2.13. The van der Waals surface area contributed by atoms with Crippen molar-refractivity contribution >= 4 is 34.8 Å². The van der Waals surface area contributed by atoms with E-state index in [1.165, 1.54) is 0 Å². The zero-order valence-corrected chi connectivity index (χ0v) is 13.6. The Kier molecular flexibility index (Phi) is 5.84. The quantitative estimate of drug-likeness (QED) is 0.749. The largest absolute Gasteiger partial charge is 0.352 e. The van der Waals surface area contributed by atoms with E-state index in [1.54, 1.807) is 24.3 Å². The Hall–Kier alpha value is -1.95. The fourth-order valence-corrected chi connectivity index (χ4v) is 1.63. The van der Waals surface area contributed by atoms with Crippen molar-refractivity contribution in [1.82, 2.24) is 10.6 Å². The third kappa shape index (κ3) is 5.51. The van der Waals surface area contributed by atoms with E-state index in [1.807, 2.05) is 27.7 Å². The SMILES string of the molecule is CCNC(=O)c1ccc(NC(=S)NC(=O)C(C)(C)C)cc1. The van der Waals surface area contributed by atoms with Gasteiger partial charge in [0.05, 0.1) is 0 Å². The molecule has 0 radical (unpaired) electrons. The van der Waals surface area contributed by atoms with E-state index in [4.69, 9.17) is 12.2 Å². The summed E-state index contributed by atoms with van der Waals surface area (Å²) in [6.07, 6.45) is 0. The number of benzene rings is 1. The normalized spacial score (nSPS) is 10.7. The molecule has 0 aliphatic carbocycles. The molecule has 6 heteroatoms. The standard InChI is InChI=1S/C15H21N3O2S/c1-5-16-12(19)10-6-8-11(9-7-10)17-14(21)18-13(20)15(2,3)4/h6-9H,5H2,1-4H3,(H,16,19)(H2,17,18,20,21). The minimum atomic E-state index is -0.506. The second-order valence-corrected chi connectivity index (χ2v) is 6.00. The first kappa shape index (κ1) is 17.1. The van der Waals surface area contributed by atoms with Crippen LogP contribution in [0.15, 0.2) is 24.3 Å². The van der Waals surface area contributed by atoms with Gasteiger partial charge in [-0.3, -0.25) is 9.59 Å². The Balaban J connectivity index is 2.62. The maximum absolute atomic E-state index is 11.8. The van der Waals surface area contributed by atoms with Gasteiger partial charge in [-0.15, -0.1) is 0 Å². The van der Waals surface area contributed by atoms with Gasteiger partial charge < -0.3 is 16.0 Å². The first-order chi connectivity index (χ1) is 9.74. The number of carbonyl (C=O) groups excluding carboxylic acids is 2. The summed E-state index contributed by atoms with van der Waals surface area (Å²) in [7, 11) is 0. The van der Waals surface area contributed by atoms with Gasteiger partial charge in [0, 0.05) is 23.2 Å². The lowest BCUT2D eigenvalue weighted by atomic mass is 9.96. The Morgan fingerprint density at radius 2 is 1.71 bits per heavy atom. The predicted molar refractivity (Wildman–Crippen MR) is 88.3 cm³/mol. The molecule has 0 fully saturated rings. The highest BCUT2D eigenvalue weighted by molar-refractivity contribution is 7.80. The van der Waals surface area contributed by atoms with Crippen LogP contribution in [0.4, 0.5) is 5.69 Å². The summed E-state index contributed by atoms with van der Waals surface area (Å²) < 4.78 is 0. The summed E-state index contributed by atoms with van der Waals surface area (Å²) in [4.78, 5) is 23.4. The minimum absolute atomic E-state index is 0.118. The third-order valence-electron chi connectivity index (χ3n) is 2.65. The topological polar surface area (TPSA) is 70.2 Å². The maximum atomic E-state index is 11.8. The van der Waals surface area contributed by atoms with Crippen LogP contribution in [0.3, 0.4) is 0 Å². The second-order valence-electron chi connectivity index (χ2n) is 5.60. The summed E-state index contributed by atoms with van der Waals surface area (Å²) in [5.41, 5.74) is 0.780. The van der Waals surface area contributed by atoms with Crippen molar-refractivity contribution in [2.45, 2.75) is 27.7 Å². The van der Waals surface area contributed by atoms with Gasteiger partial charge in [-0.25, -0.2) is 0 Å². The third-order valence-corrected chi connectivity index (χ3v) is 2.85. The van der Waals surface area contributed by atoms with Gasteiger partial charge in [-0.1, -0.05) is 20.8 Å². The van der Waals surface area contributed by atoms with Crippen LogP contribution in [0.1, 0.15) is 38.1 Å². The van der Waals surface area contributed by atoms with Gasteiger partial charge >= 0.3 is 0 Å². The van der Waals surface area contributed by atoms with Gasteiger partial charge in [0.25, 0.3) is 5.91 Å². The lowest BCUT2D eigenvalue weighted by Crippen LogP contribution is -2.41. The molecule has 1 rings (SSSR count). The fourth-order valence-electron chi connectivity index (χ4n) is 1.42. The van der Waals surface area contributed by atoms with E-state index in [0.29, 0.717) is 17.8 Å². The molecule has 0 atom stereocenters. The number of thiocarbonyl (C=S) groups is 1. The Morgan fingerprint density at radius 1 is 1.14 bits per heavy atom. The molecule has 21 heavy (non-hydrogen) atoms. The number of nitrogens with one attached hydrogen (secondary N) is 3. The molecule has 0 aliphatic rings. The maximum Gasteiger partial charge on any atom is 0.251 e. The van der Waals surface area contributed by atoms with Crippen LogP contribution in [0.2, 0.25) is 0 Å². The van der Waals surface area contributed by atoms with Crippen LogP contribution in [-0.4, -0.2) is 23.5 Å². The number of anilines is 1. The summed E-state index contributed by atoms with van der Waals surface area (Å²) >= 11 is 5.08. The minimum Gasteiger partial charge on any atom is -0.352 e. The summed E-state index contributed by atoms with van der Waals surface area (Å²) in [5, 5.41) is 8.50. The molecular weight excluding hydrogens is 286 g/mol. The van der Waals surface area contributed by atoms with Gasteiger partial charge in [0.15, 0.2) is 5.11 Å². The van der Waals surface area contributed by atoms with Crippen molar-refractivity contribution in [3.8, 4) is 0 Å². The van der Waals surface area contributed by atoms with Crippen molar-refractivity contribution in [2.75, 3.05) is 11.9 Å². The highest BCUT2D eigenvalue weighted by atomic mass is 32.1. The smallest absolute Gasteiger partial charge is 0.251 e. The number of amides is 2. The van der Waals surface area contributed by atoms with Crippen molar-refractivity contribution < 1.29 is 9.59 Å². The zero-order chi connectivity index (χ0) is 16.0. The lowest BCUT2D eigenvalue weighted by Gasteiger charge is -2.18. The Labute approximate surface area is 130 Å². The molecule has 0 bridgehead atoms. The van der Waals surface area contributed by atoms with Gasteiger partial charge in [-0.05, 0) is 43.4 Å². The monoisotopic (exact) mass is 307 g/mol. The van der Waals surface area contributed by atoms with E-state index < -0.39 is 5.41 Å². The number of rotatable bonds is 3. The predicted octanol–water partition coefficient (Wildman–Crippen LogP) is 2.30.